The SMILES string of the molecule is C=CC(=C)/C=C(\C)SNc1ccc(CCC)cc1. The van der Waals surface area contributed by atoms with Gasteiger partial charge >= 0.3 is 0 Å². The average molecular weight is 259 g/mol. The molecule has 1 nitrogen and oxygen atoms in total. The van der Waals surface area contributed by atoms with Crippen LogP contribution in [0.4, 0.5) is 5.69 Å². The second-order valence-corrected chi connectivity index (χ2v) is 5.24. The van der Waals surface area contributed by atoms with Gasteiger partial charge in [0, 0.05) is 10.6 Å². The number of hydrogen-bond acceptors (Lipinski definition) is 2. The summed E-state index contributed by atoms with van der Waals surface area (Å²) >= 11 is 1.59. The number of benzene rings is 1. The van der Waals surface area contributed by atoms with Crippen LogP contribution in [0.25, 0.3) is 0 Å². The molecule has 18 heavy (non-hydrogen) atoms. The molecule has 2 heteroatoms. The van der Waals surface area contributed by atoms with Gasteiger partial charge < -0.3 is 4.72 Å². The number of rotatable bonds is 7. The third-order valence-electron chi connectivity index (χ3n) is 2.47. The van der Waals surface area contributed by atoms with Crippen LogP contribution in [0.2, 0.25) is 0 Å². The quantitative estimate of drug-likeness (QED) is 0.523. The van der Waals surface area contributed by atoms with Crippen molar-refractivity contribution in [2.24, 2.45) is 0 Å². The molecule has 0 heterocycles. The van der Waals surface area contributed by atoms with Crippen LogP contribution in [-0.4, -0.2) is 0 Å². The lowest BCUT2D eigenvalue weighted by molar-refractivity contribution is 0.922. The summed E-state index contributed by atoms with van der Waals surface area (Å²) in [5.41, 5.74) is 3.44. The van der Waals surface area contributed by atoms with Crippen molar-refractivity contribution in [3.63, 3.8) is 0 Å². The molecule has 0 amide bonds. The maximum atomic E-state index is 3.86. The molecule has 0 spiro atoms. The van der Waals surface area contributed by atoms with Crippen molar-refractivity contribution in [3.8, 4) is 0 Å². The first-order valence-corrected chi connectivity index (χ1v) is 6.98. The number of anilines is 1. The molecule has 0 radical (unpaired) electrons. The van der Waals surface area contributed by atoms with Crippen LogP contribution in [0.3, 0.4) is 0 Å². The van der Waals surface area contributed by atoms with Gasteiger partial charge in [0.1, 0.15) is 0 Å². The summed E-state index contributed by atoms with van der Waals surface area (Å²) in [4.78, 5) is 1.16. The van der Waals surface area contributed by atoms with Crippen molar-refractivity contribution < 1.29 is 0 Å². The zero-order valence-corrected chi connectivity index (χ0v) is 12.0. The highest BCUT2D eigenvalue weighted by Crippen LogP contribution is 2.21. The smallest absolute Gasteiger partial charge is 0.0443 e. The minimum Gasteiger partial charge on any atom is -0.326 e. The Balaban J connectivity index is 2.50. The highest BCUT2D eigenvalue weighted by Gasteiger charge is 1.95. The molecular weight excluding hydrogens is 238 g/mol. The summed E-state index contributed by atoms with van der Waals surface area (Å²) < 4.78 is 3.32. The Kier molecular flexibility index (Phi) is 6.37. The van der Waals surface area contributed by atoms with Crippen molar-refractivity contribution in [1.29, 1.82) is 0 Å². The van der Waals surface area contributed by atoms with Crippen LogP contribution >= 0.6 is 11.9 Å². The van der Waals surface area contributed by atoms with E-state index in [-0.39, 0.29) is 0 Å². The molecule has 0 aliphatic heterocycles. The van der Waals surface area contributed by atoms with E-state index >= 15 is 0 Å². The fourth-order valence-electron chi connectivity index (χ4n) is 1.52. The molecule has 0 aromatic heterocycles. The summed E-state index contributed by atoms with van der Waals surface area (Å²) in [6, 6.07) is 8.59. The number of hydrogen-bond donors (Lipinski definition) is 1. The molecule has 0 aliphatic carbocycles. The largest absolute Gasteiger partial charge is 0.326 e. The second-order valence-electron chi connectivity index (χ2n) is 4.19. The van der Waals surface area contributed by atoms with Crippen LogP contribution in [-0.2, 0) is 6.42 Å². The summed E-state index contributed by atoms with van der Waals surface area (Å²) in [6.45, 7) is 11.8. The first-order valence-electron chi connectivity index (χ1n) is 6.17. The zero-order chi connectivity index (χ0) is 13.4. The van der Waals surface area contributed by atoms with Gasteiger partial charge in [0.25, 0.3) is 0 Å². The zero-order valence-electron chi connectivity index (χ0n) is 11.2. The van der Waals surface area contributed by atoms with Crippen molar-refractivity contribution in [2.45, 2.75) is 26.7 Å². The molecule has 0 bridgehead atoms. The Morgan fingerprint density at radius 2 is 2.00 bits per heavy atom. The molecule has 0 atom stereocenters. The third kappa shape index (κ3) is 5.28. The highest BCUT2D eigenvalue weighted by atomic mass is 32.2. The number of nitrogens with one attached hydrogen (secondary N) is 1. The topological polar surface area (TPSA) is 12.0 Å². The van der Waals surface area contributed by atoms with Gasteiger partial charge in [-0.3, -0.25) is 0 Å². The van der Waals surface area contributed by atoms with E-state index in [4.69, 9.17) is 0 Å². The molecular formula is C16H21NS. The van der Waals surface area contributed by atoms with E-state index in [2.05, 4.69) is 56.0 Å². The van der Waals surface area contributed by atoms with Crippen molar-refractivity contribution in [3.05, 3.63) is 65.6 Å². The first kappa shape index (κ1) is 14.7. The molecule has 0 saturated heterocycles. The Bertz CT molecular complexity index is 429. The monoisotopic (exact) mass is 259 g/mol. The van der Waals surface area contributed by atoms with E-state index in [1.165, 1.54) is 12.0 Å². The standard InChI is InChI=1S/C16H21NS/c1-5-7-15-8-10-16(11-9-15)17-18-14(4)12-13(3)6-2/h6,8-12,17H,2-3,5,7H2,1,4H3/b14-12+. The van der Waals surface area contributed by atoms with Gasteiger partial charge in [-0.15, -0.1) is 0 Å². The maximum absolute atomic E-state index is 3.86. The second kappa shape index (κ2) is 7.83. The molecule has 1 aromatic carbocycles. The molecule has 0 aliphatic rings. The number of aryl methyl sites for hydroxylation is 1. The molecule has 0 unspecified atom stereocenters. The Morgan fingerprint density at radius 3 is 2.56 bits per heavy atom. The van der Waals surface area contributed by atoms with Crippen LogP contribution in [0.5, 0.6) is 0 Å². The van der Waals surface area contributed by atoms with Crippen LogP contribution in [0, 0.1) is 0 Å². The van der Waals surface area contributed by atoms with Gasteiger partial charge in [-0.05, 0) is 54.6 Å². The summed E-state index contributed by atoms with van der Waals surface area (Å²) in [7, 11) is 0. The van der Waals surface area contributed by atoms with Crippen molar-refractivity contribution in [2.75, 3.05) is 4.72 Å². The van der Waals surface area contributed by atoms with E-state index in [0.29, 0.717) is 0 Å². The van der Waals surface area contributed by atoms with Gasteiger partial charge in [-0.2, -0.15) is 0 Å². The lowest BCUT2D eigenvalue weighted by atomic mass is 10.1. The van der Waals surface area contributed by atoms with Gasteiger partial charge in [-0.1, -0.05) is 44.7 Å². The third-order valence-corrected chi connectivity index (χ3v) is 3.25. The van der Waals surface area contributed by atoms with Crippen LogP contribution in [0.15, 0.2) is 60.1 Å². The van der Waals surface area contributed by atoms with E-state index < -0.39 is 0 Å². The Labute approximate surface area is 115 Å². The minimum absolute atomic E-state index is 0.931. The fourth-order valence-corrected chi connectivity index (χ4v) is 2.14. The minimum atomic E-state index is 0.931. The molecule has 1 aromatic rings. The van der Waals surface area contributed by atoms with Gasteiger partial charge in [-0.25, -0.2) is 0 Å². The molecule has 0 fully saturated rings. The van der Waals surface area contributed by atoms with E-state index in [9.17, 15) is 0 Å². The lowest BCUT2D eigenvalue weighted by Crippen LogP contribution is -1.88. The first-order chi connectivity index (χ1) is 8.65. The summed E-state index contributed by atoms with van der Waals surface area (Å²) in [5.74, 6) is 0. The van der Waals surface area contributed by atoms with E-state index in [1.54, 1.807) is 18.0 Å². The van der Waals surface area contributed by atoms with Crippen LogP contribution in [0.1, 0.15) is 25.8 Å². The lowest BCUT2D eigenvalue weighted by Gasteiger charge is -2.06. The average Bonchev–Trinajstić information content (AvgIpc) is 2.38. The van der Waals surface area contributed by atoms with Crippen molar-refractivity contribution in [1.82, 2.24) is 0 Å². The highest BCUT2D eigenvalue weighted by molar-refractivity contribution is 8.04. The summed E-state index contributed by atoms with van der Waals surface area (Å²) in [5, 5.41) is 0. The normalized spacial score (nSPS) is 11.1. The predicted octanol–water partition coefficient (Wildman–Crippen LogP) is 5.35. The maximum Gasteiger partial charge on any atom is 0.0443 e. The predicted molar refractivity (Wildman–Crippen MR) is 84.7 cm³/mol. The van der Waals surface area contributed by atoms with Gasteiger partial charge in [0.2, 0.25) is 0 Å². The fraction of sp³-hybridized carbons (Fsp3) is 0.250. The molecule has 96 valence electrons. The molecule has 1 rings (SSSR count). The van der Waals surface area contributed by atoms with Crippen LogP contribution < -0.4 is 4.72 Å². The van der Waals surface area contributed by atoms with Gasteiger partial charge in [0.05, 0.1) is 0 Å². The van der Waals surface area contributed by atoms with Gasteiger partial charge in [0.15, 0.2) is 0 Å². The molecule has 0 saturated carbocycles. The van der Waals surface area contributed by atoms with E-state index in [1.807, 2.05) is 6.08 Å². The Morgan fingerprint density at radius 1 is 1.33 bits per heavy atom. The number of allylic oxidation sites excluding steroid dienone is 4. The Hall–Kier alpha value is -1.41. The summed E-state index contributed by atoms with van der Waals surface area (Å²) in [6.07, 6.45) is 6.10. The van der Waals surface area contributed by atoms with E-state index in [0.717, 1.165) is 22.6 Å². The van der Waals surface area contributed by atoms with Crippen molar-refractivity contribution >= 4 is 17.6 Å². The molecule has 1 N–H and O–H groups in total.